The van der Waals surface area contributed by atoms with Gasteiger partial charge >= 0.3 is 0 Å². The minimum absolute atomic E-state index is 0.0277. The molecule has 6 atom stereocenters. The van der Waals surface area contributed by atoms with Crippen molar-refractivity contribution in [2.75, 3.05) is 29.8 Å². The first-order valence-corrected chi connectivity index (χ1v) is 10.3. The highest BCUT2D eigenvalue weighted by atomic mass is 16.8. The molecule has 0 unspecified atom stereocenters. The molecule has 0 aromatic heterocycles. The lowest BCUT2D eigenvalue weighted by Gasteiger charge is -2.58. The summed E-state index contributed by atoms with van der Waals surface area (Å²) in [5.74, 6) is 0.904. The molecule has 3 saturated heterocycles. The van der Waals surface area contributed by atoms with Crippen LogP contribution in [0.2, 0.25) is 0 Å². The van der Waals surface area contributed by atoms with Crippen molar-refractivity contribution in [3.63, 3.8) is 0 Å². The summed E-state index contributed by atoms with van der Waals surface area (Å²) < 4.78 is 6.21. The average molecular weight is 380 g/mol. The van der Waals surface area contributed by atoms with Crippen LogP contribution in [0.4, 0.5) is 11.4 Å². The third-order valence-corrected chi connectivity index (χ3v) is 8.51. The van der Waals surface area contributed by atoms with Gasteiger partial charge in [0.05, 0.1) is 30.9 Å². The number of anilines is 2. The minimum atomic E-state index is -0.171. The minimum Gasteiger partial charge on any atom is -0.733 e. The first-order valence-electron chi connectivity index (χ1n) is 10.3. The molecular weight excluding hydrogens is 358 g/mol. The molecule has 1 aromatic carbocycles. The Labute approximate surface area is 162 Å². The predicted octanol–water partition coefficient (Wildman–Crippen LogP) is 1.79. The Morgan fingerprint density at radius 1 is 1.36 bits per heavy atom. The molecule has 1 N–H and O–H groups in total. The average Bonchev–Trinajstić information content (AvgIpc) is 3.15. The van der Waals surface area contributed by atoms with E-state index in [1.54, 1.807) is 6.07 Å². The maximum Gasteiger partial charge on any atom is 0.229 e. The number of benzene rings is 1. The number of nitrogens with zero attached hydrogens (tertiary/aromatic N) is 3. The highest BCUT2D eigenvalue weighted by Crippen LogP contribution is 2.65. The quantitative estimate of drug-likeness (QED) is 0.591. The van der Waals surface area contributed by atoms with Gasteiger partial charge in [0.15, 0.2) is 0 Å². The van der Waals surface area contributed by atoms with Crippen molar-refractivity contribution in [3.8, 4) is 0 Å². The fourth-order valence-corrected chi connectivity index (χ4v) is 7.66. The Bertz CT molecular complexity index is 946. The predicted molar refractivity (Wildman–Crippen MR) is 101 cm³/mol. The topological polar surface area (TPSA) is 79.3 Å². The van der Waals surface area contributed by atoms with Crippen LogP contribution < -0.4 is 10.1 Å². The molecule has 6 aliphatic rings. The summed E-state index contributed by atoms with van der Waals surface area (Å²) >= 11 is 0. The highest BCUT2D eigenvalue weighted by molar-refractivity contribution is 5.99. The maximum absolute atomic E-state index is 13.3. The fraction of sp³-hybridized carbons (Fsp3) is 0.571. The number of piperidine rings is 2. The molecule has 7 rings (SSSR count). The van der Waals surface area contributed by atoms with Gasteiger partial charge in [-0.05, 0) is 49.1 Å². The van der Waals surface area contributed by atoms with Gasteiger partial charge in [-0.2, -0.15) is 0 Å². The first kappa shape index (κ1) is 15.9. The van der Waals surface area contributed by atoms with Crippen molar-refractivity contribution in [1.29, 1.82) is 0 Å². The molecule has 1 aliphatic carbocycles. The summed E-state index contributed by atoms with van der Waals surface area (Å²) in [5, 5.41) is 21.1. The Morgan fingerprint density at radius 3 is 3.11 bits per heavy atom. The summed E-state index contributed by atoms with van der Waals surface area (Å²) in [7, 11) is 0. The molecule has 1 spiro atoms. The van der Waals surface area contributed by atoms with Gasteiger partial charge in [0, 0.05) is 29.6 Å². The third kappa shape index (κ3) is 1.61. The second kappa shape index (κ2) is 4.97. The summed E-state index contributed by atoms with van der Waals surface area (Å²) in [5.41, 5.74) is 3.57. The van der Waals surface area contributed by atoms with Crippen LogP contribution in [0.3, 0.4) is 0 Å². The number of fused-ring (bicyclic) bond motifs is 2. The zero-order valence-corrected chi connectivity index (χ0v) is 15.5. The monoisotopic (exact) mass is 380 g/mol. The van der Waals surface area contributed by atoms with Crippen molar-refractivity contribution < 1.29 is 14.7 Å². The molecule has 4 fully saturated rings. The number of carbonyl (C=O) groups is 1. The first-order chi connectivity index (χ1) is 13.6. The second-order valence-corrected chi connectivity index (χ2v) is 9.23. The van der Waals surface area contributed by atoms with Crippen molar-refractivity contribution in [2.45, 2.75) is 42.9 Å². The van der Waals surface area contributed by atoms with Crippen LogP contribution in [0.15, 0.2) is 29.8 Å². The molecule has 1 amide bonds. The van der Waals surface area contributed by atoms with E-state index in [2.05, 4.69) is 11.0 Å². The third-order valence-electron chi connectivity index (χ3n) is 8.51. The Hall–Kier alpha value is -1.93. The van der Waals surface area contributed by atoms with Crippen LogP contribution in [-0.2, 0) is 14.9 Å². The van der Waals surface area contributed by atoms with E-state index in [-0.39, 0.29) is 34.4 Å². The second-order valence-electron chi connectivity index (χ2n) is 9.23. The van der Waals surface area contributed by atoms with E-state index in [1.165, 1.54) is 5.57 Å². The summed E-state index contributed by atoms with van der Waals surface area (Å²) in [6.45, 7) is 2.60. The van der Waals surface area contributed by atoms with Gasteiger partial charge in [0.1, 0.15) is 0 Å². The Kier molecular flexibility index (Phi) is 2.83. The summed E-state index contributed by atoms with van der Waals surface area (Å²) in [6, 6.07) is 5.76. The molecule has 1 saturated carbocycles. The zero-order valence-electron chi connectivity index (χ0n) is 15.5. The number of amides is 1. The van der Waals surface area contributed by atoms with Crippen molar-refractivity contribution in [1.82, 2.24) is 4.90 Å². The zero-order chi connectivity index (χ0) is 18.8. The van der Waals surface area contributed by atoms with Crippen LogP contribution in [0.5, 0.6) is 0 Å². The molecule has 146 valence electrons. The van der Waals surface area contributed by atoms with Crippen molar-refractivity contribution in [3.05, 3.63) is 40.6 Å². The van der Waals surface area contributed by atoms with Crippen molar-refractivity contribution in [2.24, 2.45) is 11.8 Å². The van der Waals surface area contributed by atoms with Gasteiger partial charge in [-0.25, -0.2) is 0 Å². The molecule has 28 heavy (non-hydrogen) atoms. The van der Waals surface area contributed by atoms with E-state index in [4.69, 9.17) is 4.74 Å². The van der Waals surface area contributed by atoms with E-state index in [0.29, 0.717) is 30.9 Å². The molecular formula is C21H22N3O4-. The van der Waals surface area contributed by atoms with Crippen LogP contribution in [0.1, 0.15) is 24.8 Å². The lowest BCUT2D eigenvalue weighted by Crippen LogP contribution is -2.69. The summed E-state index contributed by atoms with van der Waals surface area (Å²) in [6.07, 6.45) is 4.74. The Morgan fingerprint density at radius 2 is 2.25 bits per heavy atom. The van der Waals surface area contributed by atoms with E-state index < -0.39 is 0 Å². The Balaban J connectivity index is 1.51. The molecule has 1 aromatic rings. The maximum atomic E-state index is 13.3. The van der Waals surface area contributed by atoms with Crippen LogP contribution in [-0.4, -0.2) is 53.9 Å². The van der Waals surface area contributed by atoms with Gasteiger partial charge in [-0.1, -0.05) is 11.6 Å². The van der Waals surface area contributed by atoms with E-state index in [9.17, 15) is 15.2 Å². The van der Waals surface area contributed by atoms with Crippen LogP contribution >= 0.6 is 0 Å². The molecule has 0 radical (unpaired) electrons. The van der Waals surface area contributed by atoms with Gasteiger partial charge in [0.2, 0.25) is 5.91 Å². The normalized spacial score (nSPS) is 42.2. The number of rotatable bonds is 1. The molecule has 5 aliphatic heterocycles. The van der Waals surface area contributed by atoms with Crippen LogP contribution in [0.25, 0.3) is 0 Å². The van der Waals surface area contributed by atoms with Gasteiger partial charge in [0.25, 0.3) is 0 Å². The highest BCUT2D eigenvalue weighted by Gasteiger charge is 2.71. The SMILES string of the molecule is O=C1C[C@@H]2OCC=C3CN4CC[C@]56c7cc(N([O-])O)ccc7N1[C@H]5[C@H]2[C@H]3C[C@@H]46. The summed E-state index contributed by atoms with van der Waals surface area (Å²) in [4.78, 5) is 17.9. The lowest BCUT2D eigenvalue weighted by atomic mass is 9.53. The number of hydrogen-bond donors (Lipinski definition) is 1. The smallest absolute Gasteiger partial charge is 0.229 e. The molecule has 7 heteroatoms. The molecule has 5 heterocycles. The van der Waals surface area contributed by atoms with E-state index in [0.717, 1.165) is 37.2 Å². The van der Waals surface area contributed by atoms with Gasteiger partial charge in [-0.15, -0.1) is 0 Å². The largest absolute Gasteiger partial charge is 0.733 e. The molecule has 2 bridgehead atoms. The molecule has 7 nitrogen and oxygen atoms in total. The van der Waals surface area contributed by atoms with E-state index in [1.807, 2.05) is 17.0 Å². The number of ether oxygens (including phenoxy) is 1. The van der Waals surface area contributed by atoms with Gasteiger partial charge < -0.3 is 20.1 Å². The number of hydrogen-bond acceptors (Lipinski definition) is 6. The van der Waals surface area contributed by atoms with Crippen LogP contribution in [0, 0.1) is 17.0 Å². The lowest BCUT2D eigenvalue weighted by molar-refractivity contribution is -0.132. The van der Waals surface area contributed by atoms with Crippen molar-refractivity contribution >= 4 is 17.3 Å². The van der Waals surface area contributed by atoms with Gasteiger partial charge in [-0.3, -0.25) is 14.9 Å². The fourth-order valence-electron chi connectivity index (χ4n) is 7.66. The standard InChI is InChI=1S/C21H22N3O4/c25-18-9-16-19-13-8-17-21(4-5-22(17)10-11(13)3-6-28-16)14-7-12(24(26)27)1-2-15(14)23(18)20(19)21/h1-3,7,13,16-17,19-20,26H,4-6,8-10H2/q-1/t13-,16-,17+,19-,20-,21+/m0/s1. The van der Waals surface area contributed by atoms with E-state index >= 15 is 0 Å². The number of carbonyl (C=O) groups excluding carboxylic acids is 1.